The van der Waals surface area contributed by atoms with Gasteiger partial charge in [0.1, 0.15) is 18.1 Å². The van der Waals surface area contributed by atoms with Crippen molar-refractivity contribution in [3.8, 4) is 11.5 Å². The maximum absolute atomic E-state index is 12.3. The van der Waals surface area contributed by atoms with E-state index in [0.717, 1.165) is 24.5 Å². The topological polar surface area (TPSA) is 54.0 Å². The monoisotopic (exact) mass is 389 g/mol. The molecule has 0 radical (unpaired) electrons. The first-order valence-corrected chi connectivity index (χ1v) is 9.35. The van der Waals surface area contributed by atoms with Gasteiger partial charge < -0.3 is 24.6 Å². The van der Waals surface area contributed by atoms with Crippen molar-refractivity contribution in [3.63, 3.8) is 0 Å². The van der Waals surface area contributed by atoms with E-state index < -0.39 is 0 Å². The number of carbonyl (C=O) groups is 1. The summed E-state index contributed by atoms with van der Waals surface area (Å²) in [6.07, 6.45) is 0. The molecular weight excluding hydrogens is 366 g/mol. The molecule has 0 aliphatic carbocycles. The molecule has 0 spiro atoms. The molecular formula is C20H24ClN3O3. The maximum Gasteiger partial charge on any atom is 0.317 e. The van der Waals surface area contributed by atoms with Crippen molar-refractivity contribution in [1.82, 2.24) is 10.2 Å². The number of carbonyl (C=O) groups excluding carboxylic acids is 1. The summed E-state index contributed by atoms with van der Waals surface area (Å²) in [4.78, 5) is 16.4. The summed E-state index contributed by atoms with van der Waals surface area (Å²) in [5, 5.41) is 3.46. The molecule has 1 aliphatic rings. The van der Waals surface area contributed by atoms with Crippen LogP contribution in [0.2, 0.25) is 5.02 Å². The van der Waals surface area contributed by atoms with Crippen molar-refractivity contribution >= 4 is 23.3 Å². The van der Waals surface area contributed by atoms with Crippen LogP contribution in [0.5, 0.6) is 11.5 Å². The Kier molecular flexibility index (Phi) is 6.65. The van der Waals surface area contributed by atoms with Gasteiger partial charge in [-0.15, -0.1) is 0 Å². The number of halogens is 1. The van der Waals surface area contributed by atoms with Crippen LogP contribution in [0.25, 0.3) is 0 Å². The summed E-state index contributed by atoms with van der Waals surface area (Å²) in [6.45, 7) is 3.66. The zero-order valence-electron chi connectivity index (χ0n) is 15.4. The molecule has 1 aliphatic heterocycles. The predicted octanol–water partition coefficient (Wildman–Crippen LogP) is 3.26. The summed E-state index contributed by atoms with van der Waals surface area (Å²) < 4.78 is 11.0. The lowest BCUT2D eigenvalue weighted by Crippen LogP contribution is -2.52. The number of nitrogens with zero attached hydrogens (tertiary/aromatic N) is 2. The van der Waals surface area contributed by atoms with Crippen LogP contribution in [-0.4, -0.2) is 57.4 Å². The first-order chi connectivity index (χ1) is 13.2. The van der Waals surface area contributed by atoms with Gasteiger partial charge in [-0.3, -0.25) is 0 Å². The third kappa shape index (κ3) is 4.98. The van der Waals surface area contributed by atoms with Gasteiger partial charge in [-0.1, -0.05) is 35.9 Å². The van der Waals surface area contributed by atoms with Crippen LogP contribution in [-0.2, 0) is 0 Å². The Labute approximate surface area is 164 Å². The summed E-state index contributed by atoms with van der Waals surface area (Å²) in [5.74, 6) is 1.48. The summed E-state index contributed by atoms with van der Waals surface area (Å²) >= 11 is 6.04. The number of benzene rings is 2. The maximum atomic E-state index is 12.3. The van der Waals surface area contributed by atoms with Crippen molar-refractivity contribution in [2.45, 2.75) is 0 Å². The molecule has 0 bridgehead atoms. The molecule has 0 saturated carbocycles. The molecule has 2 aromatic rings. The fourth-order valence-electron chi connectivity index (χ4n) is 3.03. The van der Waals surface area contributed by atoms with E-state index >= 15 is 0 Å². The van der Waals surface area contributed by atoms with Gasteiger partial charge in [0.05, 0.1) is 24.4 Å². The number of ether oxygens (including phenoxy) is 2. The van der Waals surface area contributed by atoms with Gasteiger partial charge in [0.2, 0.25) is 0 Å². The molecule has 2 amide bonds. The lowest BCUT2D eigenvalue weighted by molar-refractivity contribution is 0.191. The van der Waals surface area contributed by atoms with Crippen molar-refractivity contribution < 1.29 is 14.3 Å². The number of hydrogen-bond acceptors (Lipinski definition) is 4. The van der Waals surface area contributed by atoms with Crippen molar-refractivity contribution in [3.05, 3.63) is 53.6 Å². The highest BCUT2D eigenvalue weighted by Crippen LogP contribution is 2.28. The molecule has 6 nitrogen and oxygen atoms in total. The fourth-order valence-corrected chi connectivity index (χ4v) is 3.22. The molecule has 7 heteroatoms. The Morgan fingerprint density at radius 1 is 1.04 bits per heavy atom. The number of hydrogen-bond donors (Lipinski definition) is 1. The molecule has 1 saturated heterocycles. The Hall–Kier alpha value is -2.60. The van der Waals surface area contributed by atoms with Crippen molar-refractivity contribution in [2.75, 3.05) is 51.3 Å². The SMILES string of the molecule is COc1ccccc1N1CCN(C(=O)NCCOc2ccccc2Cl)CC1. The highest BCUT2D eigenvalue weighted by atomic mass is 35.5. The molecule has 0 atom stereocenters. The lowest BCUT2D eigenvalue weighted by Gasteiger charge is -2.36. The van der Waals surface area contributed by atoms with E-state index in [1.165, 1.54) is 0 Å². The van der Waals surface area contributed by atoms with Crippen LogP contribution in [0.4, 0.5) is 10.5 Å². The van der Waals surface area contributed by atoms with Crippen LogP contribution in [0.3, 0.4) is 0 Å². The van der Waals surface area contributed by atoms with Gasteiger partial charge in [-0.2, -0.15) is 0 Å². The van der Waals surface area contributed by atoms with E-state index in [0.29, 0.717) is 37.0 Å². The largest absolute Gasteiger partial charge is 0.495 e. The van der Waals surface area contributed by atoms with Crippen molar-refractivity contribution in [2.24, 2.45) is 0 Å². The Balaban J connectivity index is 1.41. The van der Waals surface area contributed by atoms with Crippen LogP contribution >= 0.6 is 11.6 Å². The first-order valence-electron chi connectivity index (χ1n) is 8.97. The zero-order valence-corrected chi connectivity index (χ0v) is 16.1. The standard InChI is InChI=1S/C20H24ClN3O3/c1-26-19-9-5-3-7-17(19)23-11-13-24(14-12-23)20(25)22-10-15-27-18-8-4-2-6-16(18)21/h2-9H,10-15H2,1H3,(H,22,25). The minimum absolute atomic E-state index is 0.0718. The zero-order chi connectivity index (χ0) is 19.1. The molecule has 2 aromatic carbocycles. The van der Waals surface area contributed by atoms with Crippen molar-refractivity contribution in [1.29, 1.82) is 0 Å². The molecule has 1 N–H and O–H groups in total. The number of anilines is 1. The van der Waals surface area contributed by atoms with Crippen LogP contribution in [0.15, 0.2) is 48.5 Å². The number of urea groups is 1. The molecule has 1 heterocycles. The average molecular weight is 390 g/mol. The highest BCUT2D eigenvalue weighted by Gasteiger charge is 2.22. The minimum atomic E-state index is -0.0718. The second-order valence-corrected chi connectivity index (χ2v) is 6.56. The molecule has 27 heavy (non-hydrogen) atoms. The van der Waals surface area contributed by atoms with Gasteiger partial charge in [-0.05, 0) is 24.3 Å². The Morgan fingerprint density at radius 3 is 2.41 bits per heavy atom. The normalized spacial score (nSPS) is 14.0. The van der Waals surface area contributed by atoms with Crippen LogP contribution in [0, 0.1) is 0 Å². The smallest absolute Gasteiger partial charge is 0.317 e. The lowest BCUT2D eigenvalue weighted by atomic mass is 10.2. The third-order valence-electron chi connectivity index (χ3n) is 4.47. The van der Waals surface area contributed by atoms with E-state index in [1.54, 1.807) is 19.2 Å². The molecule has 144 valence electrons. The van der Waals surface area contributed by atoms with E-state index in [2.05, 4.69) is 10.2 Å². The molecule has 0 aromatic heterocycles. The van der Waals surface area contributed by atoms with E-state index in [-0.39, 0.29) is 6.03 Å². The van der Waals surface area contributed by atoms with Crippen LogP contribution < -0.4 is 19.7 Å². The summed E-state index contributed by atoms with van der Waals surface area (Å²) in [5.41, 5.74) is 1.06. The van der Waals surface area contributed by atoms with Gasteiger partial charge >= 0.3 is 6.03 Å². The Morgan fingerprint density at radius 2 is 1.70 bits per heavy atom. The average Bonchev–Trinajstić information content (AvgIpc) is 2.72. The number of methoxy groups -OCH3 is 1. The number of para-hydroxylation sites is 3. The van der Waals surface area contributed by atoms with Crippen LogP contribution in [0.1, 0.15) is 0 Å². The van der Waals surface area contributed by atoms with E-state index in [1.807, 2.05) is 41.3 Å². The highest BCUT2D eigenvalue weighted by molar-refractivity contribution is 6.32. The van der Waals surface area contributed by atoms with Gasteiger partial charge in [0.15, 0.2) is 0 Å². The number of rotatable bonds is 6. The summed E-state index contributed by atoms with van der Waals surface area (Å²) in [6, 6.07) is 15.2. The molecule has 3 rings (SSSR count). The number of amides is 2. The number of nitrogens with one attached hydrogen (secondary N) is 1. The van der Waals surface area contributed by atoms with Gasteiger partial charge in [-0.25, -0.2) is 4.79 Å². The molecule has 0 unspecified atom stereocenters. The molecule has 1 fully saturated rings. The second-order valence-electron chi connectivity index (χ2n) is 6.16. The minimum Gasteiger partial charge on any atom is -0.495 e. The Bertz CT molecular complexity index is 764. The fraction of sp³-hybridized carbons (Fsp3) is 0.350. The number of piperazine rings is 1. The third-order valence-corrected chi connectivity index (χ3v) is 4.78. The van der Waals surface area contributed by atoms with Gasteiger partial charge in [0, 0.05) is 26.2 Å². The van der Waals surface area contributed by atoms with E-state index in [9.17, 15) is 4.79 Å². The first kappa shape index (κ1) is 19.2. The summed E-state index contributed by atoms with van der Waals surface area (Å²) in [7, 11) is 1.67. The predicted molar refractivity (Wildman–Crippen MR) is 107 cm³/mol. The van der Waals surface area contributed by atoms with E-state index in [4.69, 9.17) is 21.1 Å². The second kappa shape index (κ2) is 9.37. The quantitative estimate of drug-likeness (QED) is 0.770. The van der Waals surface area contributed by atoms with Gasteiger partial charge in [0.25, 0.3) is 0 Å².